The summed E-state index contributed by atoms with van der Waals surface area (Å²) in [6.45, 7) is 1.15. The van der Waals surface area contributed by atoms with Gasteiger partial charge in [-0.15, -0.1) is 0 Å². The van der Waals surface area contributed by atoms with Crippen molar-refractivity contribution in [1.29, 1.82) is 0 Å². The number of nitrogen functional groups attached to an aromatic ring is 1. The molecule has 2 aromatic carbocycles. The van der Waals surface area contributed by atoms with Crippen molar-refractivity contribution in [1.82, 2.24) is 20.1 Å². The van der Waals surface area contributed by atoms with Crippen LogP contribution < -0.4 is 5.73 Å². The summed E-state index contributed by atoms with van der Waals surface area (Å²) in [5.74, 6) is 0. The van der Waals surface area contributed by atoms with Crippen LogP contribution in [0.25, 0.3) is 33.4 Å². The topological polar surface area (TPSA) is 73.7 Å². The number of anilines is 1. The standard InChI is InChI=1S/C22H23N5/c1-27-10-2-3-22(27)21-13-20(25-26-21)15-6-4-14(5-7-15)19-12-16-11-17(23)8-9-18(16)24-19/h4-9,11-13,22,24H,2-3,10,23H2,1H3,(H,25,26)/t22-/m0/s1. The molecule has 5 heteroatoms. The van der Waals surface area contributed by atoms with Crippen LogP contribution in [0.1, 0.15) is 24.6 Å². The number of nitrogens with two attached hydrogens (primary N) is 1. The molecule has 1 fully saturated rings. The Balaban J connectivity index is 1.42. The van der Waals surface area contributed by atoms with Gasteiger partial charge >= 0.3 is 0 Å². The molecule has 0 aliphatic carbocycles. The second-order valence-corrected chi connectivity index (χ2v) is 7.45. The van der Waals surface area contributed by atoms with E-state index >= 15 is 0 Å². The summed E-state index contributed by atoms with van der Waals surface area (Å²) in [4.78, 5) is 5.84. The fraction of sp³-hybridized carbons (Fsp3) is 0.227. The zero-order valence-corrected chi connectivity index (χ0v) is 15.4. The van der Waals surface area contributed by atoms with Crippen LogP contribution in [0.5, 0.6) is 0 Å². The molecule has 4 N–H and O–H groups in total. The fourth-order valence-corrected chi connectivity index (χ4v) is 4.08. The van der Waals surface area contributed by atoms with Crippen LogP contribution in [0.15, 0.2) is 54.6 Å². The van der Waals surface area contributed by atoms with Gasteiger partial charge in [0.25, 0.3) is 0 Å². The maximum atomic E-state index is 5.89. The maximum absolute atomic E-state index is 5.89. The molecule has 1 aliphatic heterocycles. The molecule has 4 aromatic rings. The first-order valence-electron chi connectivity index (χ1n) is 9.42. The Labute approximate surface area is 158 Å². The quantitative estimate of drug-likeness (QED) is 0.470. The maximum Gasteiger partial charge on any atom is 0.0800 e. The molecule has 0 saturated carbocycles. The Bertz CT molecular complexity index is 1090. The number of fused-ring (bicyclic) bond motifs is 1. The van der Waals surface area contributed by atoms with Gasteiger partial charge in [-0.1, -0.05) is 24.3 Å². The minimum absolute atomic E-state index is 0.438. The highest BCUT2D eigenvalue weighted by atomic mass is 15.2. The molecule has 1 atom stereocenters. The Hall–Kier alpha value is -3.05. The van der Waals surface area contributed by atoms with Crippen molar-refractivity contribution in [2.45, 2.75) is 18.9 Å². The van der Waals surface area contributed by atoms with Gasteiger partial charge in [0.05, 0.1) is 17.4 Å². The van der Waals surface area contributed by atoms with Crippen molar-refractivity contribution < 1.29 is 0 Å². The zero-order valence-electron chi connectivity index (χ0n) is 15.4. The number of benzene rings is 2. The van der Waals surface area contributed by atoms with Crippen molar-refractivity contribution in [3.63, 3.8) is 0 Å². The molecule has 2 aromatic heterocycles. The van der Waals surface area contributed by atoms with Gasteiger partial charge in [-0.2, -0.15) is 5.10 Å². The van der Waals surface area contributed by atoms with Gasteiger partial charge in [-0.05, 0) is 67.9 Å². The summed E-state index contributed by atoms with van der Waals surface area (Å²) in [7, 11) is 2.18. The van der Waals surface area contributed by atoms with Crippen molar-refractivity contribution in [3.8, 4) is 22.5 Å². The van der Waals surface area contributed by atoms with E-state index in [0.29, 0.717) is 6.04 Å². The Morgan fingerprint density at radius 3 is 2.52 bits per heavy atom. The molecule has 1 aliphatic rings. The summed E-state index contributed by atoms with van der Waals surface area (Å²) >= 11 is 0. The fourth-order valence-electron chi connectivity index (χ4n) is 4.08. The third kappa shape index (κ3) is 2.90. The van der Waals surface area contributed by atoms with Crippen LogP contribution in [0.2, 0.25) is 0 Å². The van der Waals surface area contributed by atoms with Crippen LogP contribution in [0.4, 0.5) is 5.69 Å². The number of H-pyrrole nitrogens is 2. The first-order valence-corrected chi connectivity index (χ1v) is 9.42. The van der Waals surface area contributed by atoms with E-state index in [-0.39, 0.29) is 0 Å². The third-order valence-electron chi connectivity index (χ3n) is 5.61. The average Bonchev–Trinajstić information content (AvgIpc) is 3.40. The summed E-state index contributed by atoms with van der Waals surface area (Å²) < 4.78 is 0. The zero-order chi connectivity index (χ0) is 18.4. The predicted molar refractivity (Wildman–Crippen MR) is 110 cm³/mol. The van der Waals surface area contributed by atoms with E-state index in [1.165, 1.54) is 12.8 Å². The van der Waals surface area contributed by atoms with Crippen molar-refractivity contribution >= 4 is 16.6 Å². The normalized spacial score (nSPS) is 17.7. The molecular formula is C22H23N5. The van der Waals surface area contributed by atoms with Crippen LogP contribution in [0, 0.1) is 0 Å². The average molecular weight is 357 g/mol. The Kier molecular flexibility index (Phi) is 3.76. The molecule has 0 spiro atoms. The molecule has 1 saturated heterocycles. The summed E-state index contributed by atoms with van der Waals surface area (Å²) in [6, 6.07) is 19.3. The lowest BCUT2D eigenvalue weighted by molar-refractivity contribution is 0.311. The summed E-state index contributed by atoms with van der Waals surface area (Å²) in [5.41, 5.74) is 13.4. The number of nitrogens with one attached hydrogen (secondary N) is 2. The lowest BCUT2D eigenvalue weighted by Crippen LogP contribution is -2.17. The third-order valence-corrected chi connectivity index (χ3v) is 5.61. The van der Waals surface area contributed by atoms with E-state index in [9.17, 15) is 0 Å². The van der Waals surface area contributed by atoms with Gasteiger partial charge in [0, 0.05) is 22.3 Å². The smallest absolute Gasteiger partial charge is 0.0800 e. The molecule has 27 heavy (non-hydrogen) atoms. The molecule has 0 radical (unpaired) electrons. The largest absolute Gasteiger partial charge is 0.399 e. The highest BCUT2D eigenvalue weighted by molar-refractivity contribution is 5.88. The van der Waals surface area contributed by atoms with Crippen LogP contribution in [-0.2, 0) is 0 Å². The van der Waals surface area contributed by atoms with E-state index in [2.05, 4.69) is 63.5 Å². The Morgan fingerprint density at radius 1 is 1.00 bits per heavy atom. The van der Waals surface area contributed by atoms with Gasteiger partial charge < -0.3 is 10.7 Å². The lowest BCUT2D eigenvalue weighted by Gasteiger charge is -2.16. The SMILES string of the molecule is CN1CCC[C@H]1c1cc(-c2ccc(-c3cc4cc(N)ccc4[nH]3)cc2)[nH]n1. The molecule has 5 rings (SSSR count). The number of nitrogens with zero attached hydrogens (tertiary/aromatic N) is 2. The van der Waals surface area contributed by atoms with Gasteiger partial charge in [0.1, 0.15) is 0 Å². The van der Waals surface area contributed by atoms with Crippen LogP contribution >= 0.6 is 0 Å². The molecule has 136 valence electrons. The van der Waals surface area contributed by atoms with Gasteiger partial charge in [-0.3, -0.25) is 10.00 Å². The van der Waals surface area contributed by atoms with Gasteiger partial charge in [0.15, 0.2) is 0 Å². The molecular weight excluding hydrogens is 334 g/mol. The summed E-state index contributed by atoms with van der Waals surface area (Å²) in [6.07, 6.45) is 2.43. The number of hydrogen-bond donors (Lipinski definition) is 3. The molecule has 0 bridgehead atoms. The molecule has 5 nitrogen and oxygen atoms in total. The monoisotopic (exact) mass is 357 g/mol. The number of aromatic nitrogens is 3. The number of aromatic amines is 2. The lowest BCUT2D eigenvalue weighted by atomic mass is 10.1. The van der Waals surface area contributed by atoms with E-state index in [0.717, 1.165) is 51.3 Å². The molecule has 3 heterocycles. The van der Waals surface area contributed by atoms with Crippen LogP contribution in [-0.4, -0.2) is 33.7 Å². The Morgan fingerprint density at radius 2 is 1.78 bits per heavy atom. The van der Waals surface area contributed by atoms with Crippen molar-refractivity contribution in [3.05, 3.63) is 60.3 Å². The molecule has 0 amide bonds. The van der Waals surface area contributed by atoms with Crippen molar-refractivity contribution in [2.75, 3.05) is 19.3 Å². The molecule has 0 unspecified atom stereocenters. The van der Waals surface area contributed by atoms with E-state index in [1.807, 2.05) is 18.2 Å². The predicted octanol–water partition coefficient (Wildman–Crippen LogP) is 4.57. The number of hydrogen-bond acceptors (Lipinski definition) is 3. The van der Waals surface area contributed by atoms with E-state index < -0.39 is 0 Å². The van der Waals surface area contributed by atoms with Gasteiger partial charge in [0.2, 0.25) is 0 Å². The first-order chi connectivity index (χ1) is 13.2. The summed E-state index contributed by atoms with van der Waals surface area (Å²) in [5, 5.41) is 8.90. The van der Waals surface area contributed by atoms with Gasteiger partial charge in [-0.25, -0.2) is 0 Å². The van der Waals surface area contributed by atoms with E-state index in [1.54, 1.807) is 0 Å². The highest BCUT2D eigenvalue weighted by Gasteiger charge is 2.24. The first kappa shape index (κ1) is 16.1. The number of rotatable bonds is 3. The van der Waals surface area contributed by atoms with Crippen molar-refractivity contribution in [2.24, 2.45) is 0 Å². The second kappa shape index (κ2) is 6.28. The highest BCUT2D eigenvalue weighted by Crippen LogP contribution is 2.32. The van der Waals surface area contributed by atoms with Crippen LogP contribution in [0.3, 0.4) is 0 Å². The minimum Gasteiger partial charge on any atom is -0.399 e. The minimum atomic E-state index is 0.438. The second-order valence-electron chi connectivity index (χ2n) is 7.45. The van der Waals surface area contributed by atoms with E-state index in [4.69, 9.17) is 5.73 Å². The number of likely N-dealkylation sites (tertiary alicyclic amines) is 1.